The first-order chi connectivity index (χ1) is 9.24. The highest BCUT2D eigenvalue weighted by Crippen LogP contribution is 2.29. The van der Waals surface area contributed by atoms with Crippen molar-refractivity contribution in [1.29, 1.82) is 0 Å². The van der Waals surface area contributed by atoms with Gasteiger partial charge in [-0.15, -0.1) is 0 Å². The number of nitrogens with zero attached hydrogens (tertiary/aromatic N) is 1. The van der Waals surface area contributed by atoms with Gasteiger partial charge in [-0.05, 0) is 39.5 Å². The first kappa shape index (κ1) is 15.3. The molecule has 5 nitrogen and oxygen atoms in total. The Kier molecular flexibility index (Phi) is 4.09. The van der Waals surface area contributed by atoms with E-state index in [2.05, 4.69) is 5.32 Å². The van der Waals surface area contributed by atoms with Gasteiger partial charge >= 0.3 is 0 Å². The van der Waals surface area contributed by atoms with Gasteiger partial charge in [-0.25, -0.2) is 0 Å². The summed E-state index contributed by atoms with van der Waals surface area (Å²) < 4.78 is 5.57. The van der Waals surface area contributed by atoms with E-state index in [1.54, 1.807) is 13.8 Å². The maximum Gasteiger partial charge on any atom is 0.248 e. The summed E-state index contributed by atoms with van der Waals surface area (Å²) in [5.41, 5.74) is -0.815. The van der Waals surface area contributed by atoms with Crippen molar-refractivity contribution in [2.75, 3.05) is 6.61 Å². The lowest BCUT2D eigenvalue weighted by Gasteiger charge is -2.49. The number of amides is 2. The summed E-state index contributed by atoms with van der Waals surface area (Å²) in [5, 5.41) is 2.86. The van der Waals surface area contributed by atoms with E-state index >= 15 is 0 Å². The number of nitrogens with one attached hydrogen (secondary N) is 1. The molecule has 0 bridgehead atoms. The zero-order valence-electron chi connectivity index (χ0n) is 13.1. The topological polar surface area (TPSA) is 58.6 Å². The van der Waals surface area contributed by atoms with Crippen molar-refractivity contribution < 1.29 is 14.3 Å². The minimum absolute atomic E-state index is 0.0231. The molecule has 0 spiro atoms. The lowest BCUT2D eigenvalue weighted by atomic mass is 9.88. The van der Waals surface area contributed by atoms with Gasteiger partial charge in [0, 0.05) is 12.6 Å². The van der Waals surface area contributed by atoms with Crippen LogP contribution in [-0.2, 0) is 14.3 Å². The third-order valence-corrected chi connectivity index (χ3v) is 4.26. The molecule has 2 amide bonds. The summed E-state index contributed by atoms with van der Waals surface area (Å²) in [5.74, 6) is 0.0897. The molecule has 5 heteroatoms. The molecule has 0 aromatic carbocycles. The van der Waals surface area contributed by atoms with Crippen molar-refractivity contribution in [3.8, 4) is 0 Å². The van der Waals surface area contributed by atoms with E-state index in [0.717, 1.165) is 12.8 Å². The van der Waals surface area contributed by atoms with Gasteiger partial charge in [0.15, 0.2) is 0 Å². The molecule has 2 fully saturated rings. The summed E-state index contributed by atoms with van der Waals surface area (Å²) in [6.07, 6.45) is 1.75. The minimum Gasteiger partial charge on any atom is -0.378 e. The number of carbonyl (C=O) groups is 2. The van der Waals surface area contributed by atoms with Gasteiger partial charge in [0.2, 0.25) is 11.8 Å². The van der Waals surface area contributed by atoms with E-state index in [1.807, 2.05) is 25.7 Å². The Balaban J connectivity index is 2.32. The second kappa shape index (κ2) is 5.35. The number of ether oxygens (including phenoxy) is 1. The smallest absolute Gasteiger partial charge is 0.248 e. The molecular formula is C15H26N2O3. The Morgan fingerprint density at radius 2 is 2.00 bits per heavy atom. The van der Waals surface area contributed by atoms with Gasteiger partial charge in [0.25, 0.3) is 0 Å². The van der Waals surface area contributed by atoms with Crippen LogP contribution in [-0.4, -0.2) is 47.0 Å². The molecule has 1 N–H and O–H groups in total. The van der Waals surface area contributed by atoms with Crippen LogP contribution >= 0.6 is 0 Å². The molecule has 0 aliphatic carbocycles. The number of rotatable bonds is 2. The van der Waals surface area contributed by atoms with Crippen LogP contribution in [0.1, 0.15) is 47.5 Å². The van der Waals surface area contributed by atoms with Crippen molar-refractivity contribution in [3.05, 3.63) is 0 Å². The molecule has 114 valence electrons. The predicted octanol–water partition coefficient (Wildman–Crippen LogP) is 1.32. The number of hydrogen-bond donors (Lipinski definition) is 1. The predicted molar refractivity (Wildman–Crippen MR) is 76.1 cm³/mol. The van der Waals surface area contributed by atoms with Crippen molar-refractivity contribution in [2.45, 2.75) is 71.2 Å². The fourth-order valence-corrected chi connectivity index (χ4v) is 3.25. The van der Waals surface area contributed by atoms with Crippen molar-refractivity contribution >= 4 is 11.8 Å². The van der Waals surface area contributed by atoms with Crippen LogP contribution in [0, 0.1) is 5.92 Å². The van der Waals surface area contributed by atoms with Crippen molar-refractivity contribution in [1.82, 2.24) is 10.2 Å². The van der Waals surface area contributed by atoms with Crippen LogP contribution in [0.5, 0.6) is 0 Å². The Morgan fingerprint density at radius 3 is 2.55 bits per heavy atom. The van der Waals surface area contributed by atoms with Gasteiger partial charge < -0.3 is 15.0 Å². The molecule has 2 aliphatic heterocycles. The highest BCUT2D eigenvalue weighted by Gasteiger charge is 2.49. The van der Waals surface area contributed by atoms with Gasteiger partial charge in [0.1, 0.15) is 11.6 Å². The van der Waals surface area contributed by atoms with Gasteiger partial charge in [-0.1, -0.05) is 13.8 Å². The largest absolute Gasteiger partial charge is 0.378 e. The summed E-state index contributed by atoms with van der Waals surface area (Å²) >= 11 is 0. The summed E-state index contributed by atoms with van der Waals surface area (Å²) in [4.78, 5) is 27.0. The second-order valence-corrected chi connectivity index (χ2v) is 6.88. The molecule has 2 rings (SSSR count). The molecule has 3 atom stereocenters. The minimum atomic E-state index is -0.815. The molecule has 20 heavy (non-hydrogen) atoms. The monoisotopic (exact) mass is 282 g/mol. The Labute approximate surface area is 121 Å². The summed E-state index contributed by atoms with van der Waals surface area (Å²) in [6.45, 7) is 10.2. The number of hydrogen-bond acceptors (Lipinski definition) is 3. The normalized spacial score (nSPS) is 34.3. The molecule has 2 saturated heterocycles. The van der Waals surface area contributed by atoms with Crippen LogP contribution in [0.25, 0.3) is 0 Å². The third-order valence-electron chi connectivity index (χ3n) is 4.26. The zero-order valence-corrected chi connectivity index (χ0v) is 13.1. The number of piperazine rings is 1. The molecular weight excluding hydrogens is 256 g/mol. The molecule has 0 saturated carbocycles. The maximum absolute atomic E-state index is 12.8. The van der Waals surface area contributed by atoms with Crippen LogP contribution in [0.2, 0.25) is 0 Å². The van der Waals surface area contributed by atoms with E-state index < -0.39 is 5.54 Å². The molecule has 0 radical (unpaired) electrons. The molecule has 2 heterocycles. The van der Waals surface area contributed by atoms with E-state index in [-0.39, 0.29) is 35.9 Å². The zero-order chi connectivity index (χ0) is 15.1. The first-order valence-corrected chi connectivity index (χ1v) is 7.50. The molecule has 0 aromatic rings. The highest BCUT2D eigenvalue weighted by atomic mass is 16.5. The third kappa shape index (κ3) is 2.68. The second-order valence-electron chi connectivity index (χ2n) is 6.88. The quantitative estimate of drug-likeness (QED) is 0.831. The SMILES string of the molecule is CC1CC(N2C(=O)C(C)(C)NC(=O)C2C(C)C)CCO1. The summed E-state index contributed by atoms with van der Waals surface area (Å²) in [7, 11) is 0. The standard InChI is InChI=1S/C15H26N2O3/c1-9(2)12-13(18)16-15(4,5)14(19)17(12)11-6-7-20-10(3)8-11/h9-12H,6-8H2,1-5H3,(H,16,18). The fourth-order valence-electron chi connectivity index (χ4n) is 3.25. The Hall–Kier alpha value is -1.10. The van der Waals surface area contributed by atoms with E-state index in [0.29, 0.717) is 6.61 Å². The van der Waals surface area contributed by atoms with E-state index in [9.17, 15) is 9.59 Å². The number of carbonyl (C=O) groups excluding carboxylic acids is 2. The van der Waals surface area contributed by atoms with Gasteiger partial charge in [-0.2, -0.15) is 0 Å². The summed E-state index contributed by atoms with van der Waals surface area (Å²) in [6, 6.07) is -0.269. The average Bonchev–Trinajstić information content (AvgIpc) is 2.32. The van der Waals surface area contributed by atoms with Crippen LogP contribution in [0.3, 0.4) is 0 Å². The van der Waals surface area contributed by atoms with Gasteiger partial charge in [0.05, 0.1) is 6.10 Å². The fraction of sp³-hybridized carbons (Fsp3) is 0.867. The molecule has 3 unspecified atom stereocenters. The van der Waals surface area contributed by atoms with E-state index in [4.69, 9.17) is 4.74 Å². The average molecular weight is 282 g/mol. The van der Waals surface area contributed by atoms with Crippen LogP contribution in [0.4, 0.5) is 0 Å². The van der Waals surface area contributed by atoms with Crippen molar-refractivity contribution in [3.63, 3.8) is 0 Å². The van der Waals surface area contributed by atoms with Crippen LogP contribution < -0.4 is 5.32 Å². The van der Waals surface area contributed by atoms with Gasteiger partial charge in [-0.3, -0.25) is 9.59 Å². The maximum atomic E-state index is 12.8. The molecule has 0 aromatic heterocycles. The first-order valence-electron chi connectivity index (χ1n) is 7.50. The molecule has 2 aliphatic rings. The van der Waals surface area contributed by atoms with E-state index in [1.165, 1.54) is 0 Å². The van der Waals surface area contributed by atoms with Crippen molar-refractivity contribution in [2.24, 2.45) is 5.92 Å². The highest BCUT2D eigenvalue weighted by molar-refractivity contribution is 5.99. The Bertz CT molecular complexity index is 406. The Morgan fingerprint density at radius 1 is 1.35 bits per heavy atom. The lowest BCUT2D eigenvalue weighted by Crippen LogP contribution is -2.71. The lowest BCUT2D eigenvalue weighted by molar-refractivity contribution is -0.162. The van der Waals surface area contributed by atoms with Crippen LogP contribution in [0.15, 0.2) is 0 Å².